The van der Waals surface area contributed by atoms with Crippen LogP contribution in [0.2, 0.25) is 0 Å². The molecule has 0 bridgehead atoms. The summed E-state index contributed by atoms with van der Waals surface area (Å²) in [6, 6.07) is 16.7. The summed E-state index contributed by atoms with van der Waals surface area (Å²) in [4.78, 5) is 0. The number of benzene rings is 2. The molecule has 0 unspecified atom stereocenters. The highest BCUT2D eigenvalue weighted by Crippen LogP contribution is 2.26. The van der Waals surface area contributed by atoms with E-state index < -0.39 is 0 Å². The topological polar surface area (TPSA) is 51.5 Å². The van der Waals surface area contributed by atoms with Gasteiger partial charge in [-0.15, -0.1) is 0 Å². The second kappa shape index (κ2) is 8.58. The van der Waals surface area contributed by atoms with Gasteiger partial charge in [0, 0.05) is 0 Å². The van der Waals surface area contributed by atoms with Gasteiger partial charge in [0.15, 0.2) is 11.5 Å². The zero-order valence-corrected chi connectivity index (χ0v) is 12.6. The summed E-state index contributed by atoms with van der Waals surface area (Å²) in [5.74, 6) is 2.19. The van der Waals surface area contributed by atoms with Gasteiger partial charge in [-0.3, -0.25) is 0 Å². The molecule has 114 valence electrons. The number of hydrogen-bond acceptors (Lipinski definition) is 4. The highest BCUT2D eigenvalue weighted by atomic mass is 16.5. The first-order chi connectivity index (χ1) is 10.8. The van der Waals surface area contributed by atoms with Crippen molar-refractivity contribution in [3.63, 3.8) is 0 Å². The number of hydrogen-bond donors (Lipinski definition) is 0. The molecule has 2 aromatic rings. The van der Waals surface area contributed by atoms with E-state index in [0.717, 1.165) is 23.7 Å². The Balaban J connectivity index is 1.79. The zero-order valence-electron chi connectivity index (χ0n) is 12.6. The fourth-order valence-electron chi connectivity index (χ4n) is 1.84. The molecule has 0 fully saturated rings. The molecule has 0 aliphatic rings. The first-order valence-electron chi connectivity index (χ1n) is 7.31. The minimum atomic E-state index is 0.423. The second-order valence-corrected chi connectivity index (χ2v) is 4.63. The third-order valence-corrected chi connectivity index (χ3v) is 2.90. The molecule has 0 atom stereocenters. The molecule has 0 radical (unpaired) electrons. The minimum Gasteiger partial charge on any atom is -0.490 e. The van der Waals surface area contributed by atoms with E-state index in [1.165, 1.54) is 0 Å². The van der Waals surface area contributed by atoms with Crippen molar-refractivity contribution >= 4 is 0 Å². The summed E-state index contributed by atoms with van der Waals surface area (Å²) in [7, 11) is 0. The first kappa shape index (κ1) is 15.7. The van der Waals surface area contributed by atoms with Crippen LogP contribution in [0.15, 0.2) is 48.5 Å². The highest BCUT2D eigenvalue weighted by molar-refractivity contribution is 5.39. The Morgan fingerprint density at radius 2 is 1.41 bits per heavy atom. The predicted molar refractivity (Wildman–Crippen MR) is 84.4 cm³/mol. The molecule has 2 aromatic carbocycles. The molecule has 0 spiro atoms. The maximum atomic E-state index is 8.73. The summed E-state index contributed by atoms with van der Waals surface area (Å²) >= 11 is 0. The third kappa shape index (κ3) is 4.71. The highest BCUT2D eigenvalue weighted by Gasteiger charge is 2.03. The van der Waals surface area contributed by atoms with Crippen molar-refractivity contribution < 1.29 is 14.2 Å². The van der Waals surface area contributed by atoms with E-state index in [9.17, 15) is 0 Å². The van der Waals surface area contributed by atoms with Crippen LogP contribution in [0.3, 0.4) is 0 Å². The molecule has 0 aliphatic carbocycles. The molecular weight excluding hydrogens is 278 g/mol. The molecule has 0 aliphatic heterocycles. The molecule has 0 saturated heterocycles. The second-order valence-electron chi connectivity index (χ2n) is 4.63. The van der Waals surface area contributed by atoms with Crippen molar-refractivity contribution in [2.45, 2.75) is 13.3 Å². The van der Waals surface area contributed by atoms with Crippen LogP contribution in [0.4, 0.5) is 0 Å². The van der Waals surface area contributed by atoms with E-state index in [1.807, 2.05) is 24.3 Å². The predicted octanol–water partition coefficient (Wildman–Crippen LogP) is 3.80. The van der Waals surface area contributed by atoms with E-state index in [0.29, 0.717) is 25.4 Å². The van der Waals surface area contributed by atoms with Crippen LogP contribution in [-0.4, -0.2) is 19.8 Å². The lowest BCUT2D eigenvalue weighted by molar-refractivity contribution is 0.207. The van der Waals surface area contributed by atoms with Crippen LogP contribution >= 0.6 is 0 Å². The number of nitrogens with zero attached hydrogens (tertiary/aromatic N) is 1. The Hall–Kier alpha value is -2.67. The van der Waals surface area contributed by atoms with Crippen LogP contribution < -0.4 is 14.2 Å². The van der Waals surface area contributed by atoms with Crippen molar-refractivity contribution in [2.75, 3.05) is 19.8 Å². The zero-order chi connectivity index (χ0) is 15.6. The Morgan fingerprint density at radius 1 is 0.818 bits per heavy atom. The molecule has 0 N–H and O–H groups in total. The van der Waals surface area contributed by atoms with Crippen LogP contribution in [0.25, 0.3) is 0 Å². The van der Waals surface area contributed by atoms with E-state index in [2.05, 4.69) is 13.0 Å². The molecule has 4 nitrogen and oxygen atoms in total. The normalized spacial score (nSPS) is 9.82. The molecule has 0 saturated carbocycles. The smallest absolute Gasteiger partial charge is 0.161 e. The average Bonchev–Trinajstić information content (AvgIpc) is 2.58. The van der Waals surface area contributed by atoms with E-state index in [-0.39, 0.29) is 0 Å². The number of nitriles is 1. The molecule has 0 amide bonds. The summed E-state index contributed by atoms with van der Waals surface area (Å²) in [5.41, 5.74) is 0.616. The summed E-state index contributed by atoms with van der Waals surface area (Å²) in [5, 5.41) is 8.73. The number of ether oxygens (including phenoxy) is 3. The van der Waals surface area contributed by atoms with Crippen LogP contribution in [0.1, 0.15) is 18.9 Å². The molecular formula is C18H19NO3. The fourth-order valence-corrected chi connectivity index (χ4v) is 1.84. The van der Waals surface area contributed by atoms with Gasteiger partial charge in [0.2, 0.25) is 0 Å². The van der Waals surface area contributed by atoms with Gasteiger partial charge in [0.05, 0.1) is 18.2 Å². The van der Waals surface area contributed by atoms with E-state index in [4.69, 9.17) is 19.5 Å². The Labute approximate surface area is 130 Å². The van der Waals surface area contributed by atoms with Crippen molar-refractivity contribution in [3.05, 3.63) is 54.1 Å². The molecule has 2 rings (SSSR count). The summed E-state index contributed by atoms with van der Waals surface area (Å²) in [6.07, 6.45) is 0.955. The quantitative estimate of drug-likeness (QED) is 0.695. The lowest BCUT2D eigenvalue weighted by Crippen LogP contribution is -2.10. The first-order valence-corrected chi connectivity index (χ1v) is 7.31. The molecule has 4 heteroatoms. The SMILES string of the molecule is CCCOc1ccccc1OCCOc1ccc(C#N)cc1. The lowest BCUT2D eigenvalue weighted by Gasteiger charge is -2.12. The van der Waals surface area contributed by atoms with Gasteiger partial charge in [-0.2, -0.15) is 5.26 Å². The van der Waals surface area contributed by atoms with Crippen molar-refractivity contribution in [2.24, 2.45) is 0 Å². The van der Waals surface area contributed by atoms with Crippen LogP contribution in [0, 0.1) is 11.3 Å². The largest absolute Gasteiger partial charge is 0.490 e. The maximum Gasteiger partial charge on any atom is 0.161 e. The van der Waals surface area contributed by atoms with Gasteiger partial charge >= 0.3 is 0 Å². The maximum absolute atomic E-state index is 8.73. The Morgan fingerprint density at radius 3 is 2.00 bits per heavy atom. The average molecular weight is 297 g/mol. The van der Waals surface area contributed by atoms with Crippen LogP contribution in [-0.2, 0) is 0 Å². The molecule has 22 heavy (non-hydrogen) atoms. The van der Waals surface area contributed by atoms with Gasteiger partial charge in [-0.25, -0.2) is 0 Å². The van der Waals surface area contributed by atoms with E-state index in [1.54, 1.807) is 24.3 Å². The van der Waals surface area contributed by atoms with Gasteiger partial charge in [-0.05, 0) is 42.8 Å². The number of rotatable bonds is 8. The van der Waals surface area contributed by atoms with Gasteiger partial charge < -0.3 is 14.2 Å². The summed E-state index contributed by atoms with van der Waals surface area (Å²) < 4.78 is 16.9. The van der Waals surface area contributed by atoms with Crippen molar-refractivity contribution in [1.29, 1.82) is 5.26 Å². The van der Waals surface area contributed by atoms with Crippen molar-refractivity contribution in [1.82, 2.24) is 0 Å². The summed E-state index contributed by atoms with van der Waals surface area (Å²) in [6.45, 7) is 3.58. The van der Waals surface area contributed by atoms with Gasteiger partial charge in [0.1, 0.15) is 19.0 Å². The standard InChI is InChI=1S/C18H19NO3/c1-2-11-21-17-5-3-4-6-18(17)22-13-12-20-16-9-7-15(14-19)8-10-16/h3-10H,2,11-13H2,1H3. The monoisotopic (exact) mass is 297 g/mol. The Kier molecular flexibility index (Phi) is 6.13. The van der Waals surface area contributed by atoms with Crippen LogP contribution in [0.5, 0.6) is 17.2 Å². The lowest BCUT2D eigenvalue weighted by atomic mass is 10.2. The number of para-hydroxylation sites is 2. The van der Waals surface area contributed by atoms with Crippen molar-refractivity contribution in [3.8, 4) is 23.3 Å². The minimum absolute atomic E-state index is 0.423. The molecule has 0 heterocycles. The molecule has 0 aromatic heterocycles. The Bertz CT molecular complexity index is 617. The van der Waals surface area contributed by atoms with Gasteiger partial charge in [-0.1, -0.05) is 19.1 Å². The van der Waals surface area contributed by atoms with Gasteiger partial charge in [0.25, 0.3) is 0 Å². The third-order valence-electron chi connectivity index (χ3n) is 2.90. The van der Waals surface area contributed by atoms with E-state index >= 15 is 0 Å². The fraction of sp³-hybridized carbons (Fsp3) is 0.278.